The molecular weight excluding hydrogens is 158 g/mol. The summed E-state index contributed by atoms with van der Waals surface area (Å²) in [5, 5.41) is 3.22. The number of aromatic nitrogens is 2. The second kappa shape index (κ2) is 4.20. The van der Waals surface area contributed by atoms with Crippen molar-refractivity contribution >= 4 is 11.7 Å². The Morgan fingerprint density at radius 1 is 1.91 bits per heavy atom. The summed E-state index contributed by atoms with van der Waals surface area (Å²) in [5.41, 5.74) is 0.951. The van der Waals surface area contributed by atoms with E-state index in [0.29, 0.717) is 0 Å². The van der Waals surface area contributed by atoms with Crippen LogP contribution in [0.3, 0.4) is 0 Å². The van der Waals surface area contributed by atoms with Crippen LogP contribution in [0.15, 0.2) is 18.9 Å². The van der Waals surface area contributed by atoms with Gasteiger partial charge in [-0.05, 0) is 6.54 Å². The highest BCUT2D eigenvalue weighted by Crippen LogP contribution is 2.10. The van der Waals surface area contributed by atoms with Crippen molar-refractivity contribution in [2.24, 2.45) is 0 Å². The molecule has 1 aromatic heterocycles. The third-order valence-electron chi connectivity index (χ3n) is 1.36. The SMILES string of the molecule is C=CC(NCC)c1cnsn1. The lowest BCUT2D eigenvalue weighted by Gasteiger charge is -2.08. The number of nitrogens with zero attached hydrogens (tertiary/aromatic N) is 2. The Labute approximate surface area is 70.5 Å². The first-order chi connectivity index (χ1) is 5.38. The molecular formula is C7H11N3S. The molecule has 1 atom stereocenters. The molecule has 1 N–H and O–H groups in total. The third kappa shape index (κ3) is 2.10. The van der Waals surface area contributed by atoms with Gasteiger partial charge in [-0.2, -0.15) is 8.75 Å². The summed E-state index contributed by atoms with van der Waals surface area (Å²) in [4.78, 5) is 0. The van der Waals surface area contributed by atoms with Gasteiger partial charge in [0.05, 0.1) is 29.7 Å². The predicted molar refractivity (Wildman–Crippen MR) is 46.5 cm³/mol. The summed E-state index contributed by atoms with van der Waals surface area (Å²) in [6.45, 7) is 6.67. The number of rotatable bonds is 4. The first kappa shape index (κ1) is 8.36. The van der Waals surface area contributed by atoms with E-state index >= 15 is 0 Å². The molecule has 0 aliphatic carbocycles. The van der Waals surface area contributed by atoms with Crippen LogP contribution in [0.4, 0.5) is 0 Å². The van der Waals surface area contributed by atoms with E-state index in [2.05, 4.69) is 27.6 Å². The zero-order valence-electron chi connectivity index (χ0n) is 6.45. The molecule has 0 radical (unpaired) electrons. The normalized spacial score (nSPS) is 12.8. The maximum absolute atomic E-state index is 4.10. The molecule has 0 aliphatic heterocycles. The summed E-state index contributed by atoms with van der Waals surface area (Å²) in [6.07, 6.45) is 3.60. The number of hydrogen-bond acceptors (Lipinski definition) is 4. The first-order valence-corrected chi connectivity index (χ1v) is 4.25. The molecule has 3 nitrogen and oxygen atoms in total. The van der Waals surface area contributed by atoms with Crippen molar-refractivity contribution in [2.45, 2.75) is 13.0 Å². The first-order valence-electron chi connectivity index (χ1n) is 3.52. The molecule has 0 saturated carbocycles. The van der Waals surface area contributed by atoms with E-state index in [1.807, 2.05) is 6.08 Å². The summed E-state index contributed by atoms with van der Waals surface area (Å²) in [5.74, 6) is 0. The number of nitrogens with one attached hydrogen (secondary N) is 1. The minimum atomic E-state index is 0.152. The molecule has 0 spiro atoms. The van der Waals surface area contributed by atoms with E-state index in [9.17, 15) is 0 Å². The smallest absolute Gasteiger partial charge is 0.0951 e. The minimum Gasteiger partial charge on any atom is -0.306 e. The average molecular weight is 169 g/mol. The van der Waals surface area contributed by atoms with Crippen LogP contribution in [0.1, 0.15) is 18.7 Å². The highest BCUT2D eigenvalue weighted by molar-refractivity contribution is 6.99. The lowest BCUT2D eigenvalue weighted by Crippen LogP contribution is -2.18. The fraction of sp³-hybridized carbons (Fsp3) is 0.429. The molecule has 0 aromatic carbocycles. The molecule has 11 heavy (non-hydrogen) atoms. The number of likely N-dealkylation sites (N-methyl/N-ethyl adjacent to an activating group) is 1. The Morgan fingerprint density at radius 3 is 3.18 bits per heavy atom. The van der Waals surface area contributed by atoms with Crippen molar-refractivity contribution in [3.05, 3.63) is 24.5 Å². The molecule has 4 heteroatoms. The minimum absolute atomic E-state index is 0.152. The van der Waals surface area contributed by atoms with Crippen LogP contribution < -0.4 is 5.32 Å². The van der Waals surface area contributed by atoms with Gasteiger partial charge in [0, 0.05) is 0 Å². The molecule has 0 bridgehead atoms. The molecule has 0 saturated heterocycles. The van der Waals surface area contributed by atoms with Crippen molar-refractivity contribution in [2.75, 3.05) is 6.54 Å². The van der Waals surface area contributed by atoms with E-state index in [4.69, 9.17) is 0 Å². The van der Waals surface area contributed by atoms with E-state index in [1.165, 1.54) is 11.7 Å². The maximum atomic E-state index is 4.10. The zero-order chi connectivity index (χ0) is 8.10. The second-order valence-electron chi connectivity index (χ2n) is 2.10. The lowest BCUT2D eigenvalue weighted by molar-refractivity contribution is 0.638. The van der Waals surface area contributed by atoms with Crippen LogP contribution in [0.2, 0.25) is 0 Å². The Kier molecular flexibility index (Phi) is 3.19. The molecule has 1 heterocycles. The van der Waals surface area contributed by atoms with E-state index < -0.39 is 0 Å². The van der Waals surface area contributed by atoms with Crippen LogP contribution in [0, 0.1) is 0 Å². The van der Waals surface area contributed by atoms with Gasteiger partial charge in [0.25, 0.3) is 0 Å². The average Bonchev–Trinajstić information content (AvgIpc) is 2.52. The van der Waals surface area contributed by atoms with Crippen molar-refractivity contribution in [3.63, 3.8) is 0 Å². The van der Waals surface area contributed by atoms with Crippen molar-refractivity contribution in [3.8, 4) is 0 Å². The van der Waals surface area contributed by atoms with Crippen LogP contribution in [0.5, 0.6) is 0 Å². The third-order valence-corrected chi connectivity index (χ3v) is 1.85. The van der Waals surface area contributed by atoms with Crippen LogP contribution >= 0.6 is 11.7 Å². The standard InChI is InChI=1S/C7H11N3S/c1-3-6(8-4-2)7-5-9-11-10-7/h3,5-6,8H,1,4H2,2H3. The molecule has 0 aliphatic rings. The topological polar surface area (TPSA) is 37.8 Å². The molecule has 0 fully saturated rings. The Morgan fingerprint density at radius 2 is 2.73 bits per heavy atom. The monoisotopic (exact) mass is 169 g/mol. The van der Waals surface area contributed by atoms with Gasteiger partial charge in [0.1, 0.15) is 0 Å². The zero-order valence-corrected chi connectivity index (χ0v) is 7.27. The van der Waals surface area contributed by atoms with Gasteiger partial charge in [-0.25, -0.2) is 0 Å². The van der Waals surface area contributed by atoms with Crippen molar-refractivity contribution in [1.82, 2.24) is 14.1 Å². The summed E-state index contributed by atoms with van der Waals surface area (Å²) < 4.78 is 8.02. The van der Waals surface area contributed by atoms with Gasteiger partial charge < -0.3 is 5.32 Å². The van der Waals surface area contributed by atoms with Gasteiger partial charge >= 0.3 is 0 Å². The van der Waals surface area contributed by atoms with Gasteiger partial charge in [-0.15, -0.1) is 6.58 Å². The fourth-order valence-electron chi connectivity index (χ4n) is 0.837. The quantitative estimate of drug-likeness (QED) is 0.692. The Bertz CT molecular complexity index is 207. The molecule has 0 amide bonds. The molecule has 1 rings (SSSR count). The van der Waals surface area contributed by atoms with Crippen LogP contribution in [0.25, 0.3) is 0 Å². The van der Waals surface area contributed by atoms with Crippen LogP contribution in [-0.4, -0.2) is 15.3 Å². The lowest BCUT2D eigenvalue weighted by atomic mass is 10.2. The summed E-state index contributed by atoms with van der Waals surface area (Å²) in [6, 6.07) is 0.152. The second-order valence-corrected chi connectivity index (χ2v) is 2.66. The largest absolute Gasteiger partial charge is 0.306 e. The fourth-order valence-corrected chi connectivity index (χ4v) is 1.29. The molecule has 1 unspecified atom stereocenters. The van der Waals surface area contributed by atoms with Gasteiger partial charge in [-0.1, -0.05) is 13.0 Å². The van der Waals surface area contributed by atoms with E-state index in [1.54, 1.807) is 6.20 Å². The predicted octanol–water partition coefficient (Wildman–Crippen LogP) is 1.37. The highest BCUT2D eigenvalue weighted by atomic mass is 32.1. The molecule has 60 valence electrons. The van der Waals surface area contributed by atoms with Crippen molar-refractivity contribution in [1.29, 1.82) is 0 Å². The van der Waals surface area contributed by atoms with Gasteiger partial charge in [-0.3, -0.25) is 0 Å². The van der Waals surface area contributed by atoms with Crippen LogP contribution in [-0.2, 0) is 0 Å². The maximum Gasteiger partial charge on any atom is 0.0951 e. The number of hydrogen-bond donors (Lipinski definition) is 1. The summed E-state index contributed by atoms with van der Waals surface area (Å²) >= 11 is 1.22. The van der Waals surface area contributed by atoms with Gasteiger partial charge in [0.2, 0.25) is 0 Å². The van der Waals surface area contributed by atoms with E-state index in [-0.39, 0.29) is 6.04 Å². The Balaban J connectivity index is 2.63. The molecule has 1 aromatic rings. The van der Waals surface area contributed by atoms with E-state index in [0.717, 1.165) is 12.2 Å². The summed E-state index contributed by atoms with van der Waals surface area (Å²) in [7, 11) is 0. The highest BCUT2D eigenvalue weighted by Gasteiger charge is 2.06. The van der Waals surface area contributed by atoms with Gasteiger partial charge in [0.15, 0.2) is 0 Å². The van der Waals surface area contributed by atoms with Crippen molar-refractivity contribution < 1.29 is 0 Å². The Hall–Kier alpha value is -0.740.